The van der Waals surface area contributed by atoms with Crippen LogP contribution in [-0.2, 0) is 4.79 Å². The van der Waals surface area contributed by atoms with Crippen LogP contribution in [0.1, 0.15) is 40.0 Å². The van der Waals surface area contributed by atoms with E-state index in [9.17, 15) is 4.79 Å². The molecule has 0 unspecified atom stereocenters. The fraction of sp³-hybridized carbons (Fsp3) is 0.923. The van der Waals surface area contributed by atoms with Crippen LogP contribution < -0.4 is 0 Å². The highest BCUT2D eigenvalue weighted by molar-refractivity contribution is 5.88. The van der Waals surface area contributed by atoms with Gasteiger partial charge in [0.1, 0.15) is 5.78 Å². The van der Waals surface area contributed by atoms with Crippen molar-refractivity contribution in [1.82, 2.24) is 0 Å². The molecule has 5 aliphatic carbocycles. The zero-order valence-corrected chi connectivity index (χ0v) is 9.42. The summed E-state index contributed by atoms with van der Waals surface area (Å²) in [7, 11) is 0. The van der Waals surface area contributed by atoms with Gasteiger partial charge in [-0.25, -0.2) is 0 Å². The van der Waals surface area contributed by atoms with Crippen molar-refractivity contribution in [2.24, 2.45) is 35.0 Å². The Bertz CT molecular complexity index is 294. The lowest BCUT2D eigenvalue weighted by molar-refractivity contribution is -0.156. The average Bonchev–Trinajstić information content (AvgIpc) is 2.58. The standard InChI is InChI=1S/C13H20O/c1-7(2)8-4-5-13(3)9-6-10(14)12(13)11(8)9/h7-9,11-12H,4-6H2,1-3H3/t8-,9-,11-,12+,13+/m0/s1. The highest BCUT2D eigenvalue weighted by Crippen LogP contribution is 2.72. The maximum absolute atomic E-state index is 11.8. The first-order valence-corrected chi connectivity index (χ1v) is 6.08. The highest BCUT2D eigenvalue weighted by atomic mass is 16.1. The minimum absolute atomic E-state index is 0.438. The second-order valence-corrected chi connectivity index (χ2v) is 6.28. The molecule has 1 nitrogen and oxygen atoms in total. The van der Waals surface area contributed by atoms with Gasteiger partial charge < -0.3 is 0 Å². The average molecular weight is 192 g/mol. The smallest absolute Gasteiger partial charge is 0.137 e. The fourth-order valence-corrected chi connectivity index (χ4v) is 4.85. The van der Waals surface area contributed by atoms with Gasteiger partial charge in [0.2, 0.25) is 0 Å². The molecule has 0 heterocycles. The Hall–Kier alpha value is -0.330. The van der Waals surface area contributed by atoms with E-state index in [1.165, 1.54) is 12.8 Å². The summed E-state index contributed by atoms with van der Waals surface area (Å²) < 4.78 is 0. The molecule has 0 radical (unpaired) electrons. The molecular weight excluding hydrogens is 172 g/mol. The van der Waals surface area contributed by atoms with Gasteiger partial charge in [-0.2, -0.15) is 0 Å². The van der Waals surface area contributed by atoms with Gasteiger partial charge in [0, 0.05) is 12.3 Å². The van der Waals surface area contributed by atoms with Crippen molar-refractivity contribution in [1.29, 1.82) is 0 Å². The lowest BCUT2D eigenvalue weighted by Crippen LogP contribution is -2.57. The first-order valence-electron chi connectivity index (χ1n) is 6.08. The molecule has 5 fully saturated rings. The van der Waals surface area contributed by atoms with Crippen LogP contribution in [0.2, 0.25) is 0 Å². The first kappa shape index (κ1) is 8.94. The van der Waals surface area contributed by atoms with Crippen LogP contribution in [0.3, 0.4) is 0 Å². The SMILES string of the molecule is CC(C)[C@@H]1CC[C@@]2(C)[C@@H]3C(=O)C[C@H]2[C@@H]31. The van der Waals surface area contributed by atoms with Gasteiger partial charge in [-0.1, -0.05) is 20.8 Å². The molecule has 0 aromatic heterocycles. The summed E-state index contributed by atoms with van der Waals surface area (Å²) in [5, 5.41) is 0. The molecule has 0 saturated heterocycles. The van der Waals surface area contributed by atoms with Crippen molar-refractivity contribution in [3.8, 4) is 0 Å². The van der Waals surface area contributed by atoms with Crippen molar-refractivity contribution in [3.05, 3.63) is 0 Å². The molecule has 1 heteroatoms. The molecule has 5 aliphatic rings. The zero-order chi connectivity index (χ0) is 10.1. The van der Waals surface area contributed by atoms with Crippen molar-refractivity contribution in [3.63, 3.8) is 0 Å². The van der Waals surface area contributed by atoms with Gasteiger partial charge in [-0.15, -0.1) is 0 Å². The third-order valence-corrected chi connectivity index (χ3v) is 5.54. The van der Waals surface area contributed by atoms with E-state index < -0.39 is 0 Å². The van der Waals surface area contributed by atoms with Gasteiger partial charge in [0.15, 0.2) is 0 Å². The molecule has 0 aromatic carbocycles. The molecule has 14 heavy (non-hydrogen) atoms. The van der Waals surface area contributed by atoms with E-state index >= 15 is 0 Å². The van der Waals surface area contributed by atoms with Crippen LogP contribution in [0.25, 0.3) is 0 Å². The van der Waals surface area contributed by atoms with E-state index in [-0.39, 0.29) is 0 Å². The highest BCUT2D eigenvalue weighted by Gasteiger charge is 2.71. The van der Waals surface area contributed by atoms with E-state index in [0.717, 1.165) is 30.1 Å². The normalized spacial score (nSPS) is 55.0. The maximum Gasteiger partial charge on any atom is 0.137 e. The van der Waals surface area contributed by atoms with E-state index in [2.05, 4.69) is 20.8 Å². The number of carbonyl (C=O) groups is 1. The summed E-state index contributed by atoms with van der Waals surface area (Å²) >= 11 is 0. The number of hydrogen-bond donors (Lipinski definition) is 0. The maximum atomic E-state index is 11.8. The molecule has 5 rings (SSSR count). The Kier molecular flexibility index (Phi) is 1.55. The van der Waals surface area contributed by atoms with Crippen molar-refractivity contribution < 1.29 is 4.79 Å². The molecule has 0 spiro atoms. The topological polar surface area (TPSA) is 17.1 Å². The lowest BCUT2D eigenvalue weighted by Gasteiger charge is -2.61. The van der Waals surface area contributed by atoms with E-state index in [4.69, 9.17) is 0 Å². The quantitative estimate of drug-likeness (QED) is 0.624. The second kappa shape index (κ2) is 2.43. The predicted molar refractivity (Wildman–Crippen MR) is 55.8 cm³/mol. The van der Waals surface area contributed by atoms with E-state index in [1.54, 1.807) is 0 Å². The molecule has 0 aliphatic heterocycles. The fourth-order valence-electron chi connectivity index (χ4n) is 4.85. The minimum Gasteiger partial charge on any atom is -0.299 e. The molecular formula is C13H20O. The summed E-state index contributed by atoms with van der Waals surface area (Å²) in [4.78, 5) is 11.8. The number of carbonyl (C=O) groups excluding carboxylic acids is 1. The Labute approximate surface area is 86.3 Å². The monoisotopic (exact) mass is 192 g/mol. The van der Waals surface area contributed by atoms with Crippen LogP contribution in [0.5, 0.6) is 0 Å². The lowest BCUT2D eigenvalue weighted by atomic mass is 9.42. The van der Waals surface area contributed by atoms with Gasteiger partial charge in [0.25, 0.3) is 0 Å². The minimum atomic E-state index is 0.438. The third kappa shape index (κ3) is 0.765. The molecule has 4 bridgehead atoms. The van der Waals surface area contributed by atoms with Gasteiger partial charge in [0.05, 0.1) is 0 Å². The molecule has 0 amide bonds. The summed E-state index contributed by atoms with van der Waals surface area (Å²) in [6, 6.07) is 0. The number of Topliss-reactive ketones (excluding diaryl/α,β-unsaturated/α-hetero) is 1. The van der Waals surface area contributed by atoms with E-state index in [1.807, 2.05) is 0 Å². The molecule has 0 aromatic rings. The van der Waals surface area contributed by atoms with Crippen molar-refractivity contribution >= 4 is 5.78 Å². The Balaban J connectivity index is 1.93. The van der Waals surface area contributed by atoms with Crippen LogP contribution in [-0.4, -0.2) is 5.78 Å². The largest absolute Gasteiger partial charge is 0.299 e. The van der Waals surface area contributed by atoms with Crippen LogP contribution >= 0.6 is 0 Å². The Morgan fingerprint density at radius 3 is 2.64 bits per heavy atom. The number of rotatable bonds is 1. The predicted octanol–water partition coefficient (Wildman–Crippen LogP) is 2.89. The van der Waals surface area contributed by atoms with Crippen molar-refractivity contribution in [2.45, 2.75) is 40.0 Å². The molecule has 5 saturated carbocycles. The number of ketones is 1. The summed E-state index contributed by atoms with van der Waals surface area (Å²) in [5.41, 5.74) is 0.438. The summed E-state index contributed by atoms with van der Waals surface area (Å²) in [6.07, 6.45) is 3.60. The first-order chi connectivity index (χ1) is 6.55. The third-order valence-electron chi connectivity index (χ3n) is 5.54. The van der Waals surface area contributed by atoms with Crippen LogP contribution in [0.4, 0.5) is 0 Å². The summed E-state index contributed by atoms with van der Waals surface area (Å²) in [6.45, 7) is 7.02. The molecule has 0 N–H and O–H groups in total. The van der Waals surface area contributed by atoms with E-state index in [0.29, 0.717) is 17.1 Å². The second-order valence-electron chi connectivity index (χ2n) is 6.28. The Morgan fingerprint density at radius 2 is 2.14 bits per heavy atom. The van der Waals surface area contributed by atoms with Crippen LogP contribution in [0.15, 0.2) is 0 Å². The molecule has 78 valence electrons. The summed E-state index contributed by atoms with van der Waals surface area (Å²) in [5.74, 6) is 4.22. The molecule has 5 atom stereocenters. The Morgan fingerprint density at radius 1 is 1.43 bits per heavy atom. The van der Waals surface area contributed by atoms with Crippen LogP contribution in [0, 0.1) is 35.0 Å². The van der Waals surface area contributed by atoms with Gasteiger partial charge in [-0.3, -0.25) is 4.79 Å². The van der Waals surface area contributed by atoms with Gasteiger partial charge in [-0.05, 0) is 41.9 Å². The van der Waals surface area contributed by atoms with Crippen molar-refractivity contribution in [2.75, 3.05) is 0 Å². The number of fused-ring (bicyclic) bond motifs is 3. The zero-order valence-electron chi connectivity index (χ0n) is 9.42. The number of hydrogen-bond acceptors (Lipinski definition) is 1. The van der Waals surface area contributed by atoms with Gasteiger partial charge >= 0.3 is 0 Å².